The van der Waals surface area contributed by atoms with Gasteiger partial charge in [-0.25, -0.2) is 0 Å². The van der Waals surface area contributed by atoms with E-state index in [1.165, 1.54) is 21.6 Å². The first kappa shape index (κ1) is 14.9. The standard InChI is InChI=1S/C17H21NOS/c1-12-11-13(19-3)9-10-14(12)17(18-2)15-7-5-6-8-16(15)20-4/h5-11,17-18H,1-4H3. The van der Waals surface area contributed by atoms with Gasteiger partial charge in [0.2, 0.25) is 0 Å². The van der Waals surface area contributed by atoms with E-state index < -0.39 is 0 Å². The molecule has 2 rings (SSSR count). The van der Waals surface area contributed by atoms with Crippen LogP contribution in [0.4, 0.5) is 0 Å². The molecule has 0 radical (unpaired) electrons. The predicted octanol–water partition coefficient (Wildman–Crippen LogP) is 4.03. The van der Waals surface area contributed by atoms with Gasteiger partial charge < -0.3 is 10.1 Å². The van der Waals surface area contributed by atoms with E-state index in [0.717, 1.165) is 5.75 Å². The van der Waals surface area contributed by atoms with E-state index in [9.17, 15) is 0 Å². The molecule has 0 aliphatic heterocycles. The van der Waals surface area contributed by atoms with Gasteiger partial charge in [0.15, 0.2) is 0 Å². The summed E-state index contributed by atoms with van der Waals surface area (Å²) in [6.07, 6.45) is 2.12. The lowest BCUT2D eigenvalue weighted by Crippen LogP contribution is -2.19. The summed E-state index contributed by atoms with van der Waals surface area (Å²) in [4.78, 5) is 1.31. The zero-order valence-electron chi connectivity index (χ0n) is 12.4. The SMILES string of the molecule is CNC(c1ccc(OC)cc1C)c1ccccc1SC. The molecule has 0 fully saturated rings. The zero-order valence-corrected chi connectivity index (χ0v) is 13.3. The van der Waals surface area contributed by atoms with E-state index in [0.29, 0.717) is 0 Å². The summed E-state index contributed by atoms with van der Waals surface area (Å²) < 4.78 is 5.29. The monoisotopic (exact) mass is 287 g/mol. The molecule has 1 atom stereocenters. The number of ether oxygens (including phenoxy) is 1. The maximum Gasteiger partial charge on any atom is 0.119 e. The third-order valence-corrected chi connectivity index (χ3v) is 4.34. The van der Waals surface area contributed by atoms with Crippen LogP contribution in [0.1, 0.15) is 22.7 Å². The van der Waals surface area contributed by atoms with Gasteiger partial charge in [-0.2, -0.15) is 0 Å². The number of rotatable bonds is 5. The maximum absolute atomic E-state index is 5.29. The fourth-order valence-electron chi connectivity index (χ4n) is 2.48. The van der Waals surface area contributed by atoms with Crippen molar-refractivity contribution in [3.63, 3.8) is 0 Å². The first-order valence-electron chi connectivity index (χ1n) is 6.66. The molecule has 20 heavy (non-hydrogen) atoms. The highest BCUT2D eigenvalue weighted by molar-refractivity contribution is 7.98. The number of hydrogen-bond acceptors (Lipinski definition) is 3. The van der Waals surface area contributed by atoms with E-state index in [1.807, 2.05) is 13.1 Å². The molecule has 0 saturated carbocycles. The predicted molar refractivity (Wildman–Crippen MR) is 86.9 cm³/mol. The van der Waals surface area contributed by atoms with E-state index in [2.05, 4.69) is 54.9 Å². The summed E-state index contributed by atoms with van der Waals surface area (Å²) in [5.74, 6) is 0.902. The van der Waals surface area contributed by atoms with Gasteiger partial charge in [0.25, 0.3) is 0 Å². The highest BCUT2D eigenvalue weighted by Crippen LogP contribution is 2.32. The Morgan fingerprint density at radius 3 is 2.45 bits per heavy atom. The molecule has 0 heterocycles. The molecule has 1 N–H and O–H groups in total. The molecule has 106 valence electrons. The Hall–Kier alpha value is -1.45. The Morgan fingerprint density at radius 1 is 1.10 bits per heavy atom. The Bertz CT molecular complexity index is 583. The Kier molecular flexibility index (Phi) is 5.10. The Labute approximate surface area is 125 Å². The highest BCUT2D eigenvalue weighted by Gasteiger charge is 2.17. The van der Waals surface area contributed by atoms with Crippen molar-refractivity contribution < 1.29 is 4.74 Å². The molecule has 0 bridgehead atoms. The number of nitrogens with one attached hydrogen (secondary N) is 1. The molecule has 0 aliphatic rings. The van der Waals surface area contributed by atoms with Crippen molar-refractivity contribution in [3.05, 3.63) is 59.2 Å². The van der Waals surface area contributed by atoms with Gasteiger partial charge in [0, 0.05) is 4.90 Å². The van der Waals surface area contributed by atoms with Crippen LogP contribution < -0.4 is 10.1 Å². The Balaban J connectivity index is 2.47. The van der Waals surface area contributed by atoms with Crippen molar-refractivity contribution in [2.45, 2.75) is 17.9 Å². The van der Waals surface area contributed by atoms with E-state index in [-0.39, 0.29) is 6.04 Å². The van der Waals surface area contributed by atoms with Gasteiger partial charge in [-0.15, -0.1) is 11.8 Å². The second-order valence-electron chi connectivity index (χ2n) is 4.69. The first-order chi connectivity index (χ1) is 9.71. The minimum atomic E-state index is 0.199. The molecule has 2 aromatic carbocycles. The average molecular weight is 287 g/mol. The second-order valence-corrected chi connectivity index (χ2v) is 5.53. The van der Waals surface area contributed by atoms with Gasteiger partial charge in [-0.3, -0.25) is 0 Å². The van der Waals surface area contributed by atoms with Crippen LogP contribution >= 0.6 is 11.8 Å². The molecule has 0 aromatic heterocycles. The van der Waals surface area contributed by atoms with Crippen LogP contribution in [0.15, 0.2) is 47.4 Å². The quantitative estimate of drug-likeness (QED) is 0.839. The van der Waals surface area contributed by atoms with Gasteiger partial charge in [0.05, 0.1) is 13.2 Å². The molecule has 0 spiro atoms. The third kappa shape index (κ3) is 3.00. The normalized spacial score (nSPS) is 12.2. The van der Waals surface area contributed by atoms with E-state index in [4.69, 9.17) is 4.74 Å². The largest absolute Gasteiger partial charge is 0.497 e. The first-order valence-corrected chi connectivity index (χ1v) is 7.88. The van der Waals surface area contributed by atoms with E-state index >= 15 is 0 Å². The number of thioether (sulfide) groups is 1. The maximum atomic E-state index is 5.29. The summed E-state index contributed by atoms with van der Waals surface area (Å²) in [5, 5.41) is 3.43. The molecule has 0 aliphatic carbocycles. The molecule has 0 saturated heterocycles. The molecule has 3 heteroatoms. The summed E-state index contributed by atoms with van der Waals surface area (Å²) >= 11 is 1.78. The minimum absolute atomic E-state index is 0.199. The summed E-state index contributed by atoms with van der Waals surface area (Å²) in [7, 11) is 3.71. The Morgan fingerprint density at radius 2 is 1.85 bits per heavy atom. The molecule has 2 nitrogen and oxygen atoms in total. The van der Waals surface area contributed by atoms with Crippen molar-refractivity contribution in [1.29, 1.82) is 0 Å². The smallest absolute Gasteiger partial charge is 0.119 e. The summed E-state index contributed by atoms with van der Waals surface area (Å²) in [5.41, 5.74) is 3.84. The van der Waals surface area contributed by atoms with Gasteiger partial charge in [0.1, 0.15) is 5.75 Å². The summed E-state index contributed by atoms with van der Waals surface area (Å²) in [6, 6.07) is 15.0. The van der Waals surface area contributed by atoms with E-state index in [1.54, 1.807) is 18.9 Å². The minimum Gasteiger partial charge on any atom is -0.497 e. The van der Waals surface area contributed by atoms with Crippen LogP contribution in [0, 0.1) is 6.92 Å². The average Bonchev–Trinajstić information content (AvgIpc) is 2.50. The second kappa shape index (κ2) is 6.82. The van der Waals surface area contributed by atoms with Gasteiger partial charge in [-0.1, -0.05) is 24.3 Å². The van der Waals surface area contributed by atoms with Gasteiger partial charge >= 0.3 is 0 Å². The molecule has 1 unspecified atom stereocenters. The number of methoxy groups -OCH3 is 1. The van der Waals surface area contributed by atoms with Crippen molar-refractivity contribution in [3.8, 4) is 5.75 Å². The van der Waals surface area contributed by atoms with Crippen molar-refractivity contribution in [2.24, 2.45) is 0 Å². The fourth-order valence-corrected chi connectivity index (χ4v) is 3.12. The lowest BCUT2D eigenvalue weighted by atomic mass is 9.95. The lowest BCUT2D eigenvalue weighted by molar-refractivity contribution is 0.414. The third-order valence-electron chi connectivity index (χ3n) is 3.53. The van der Waals surface area contributed by atoms with Crippen LogP contribution in [-0.4, -0.2) is 20.4 Å². The molecule has 0 amide bonds. The highest BCUT2D eigenvalue weighted by atomic mass is 32.2. The molecular weight excluding hydrogens is 266 g/mol. The van der Waals surface area contributed by atoms with Crippen molar-refractivity contribution in [1.82, 2.24) is 5.32 Å². The number of benzene rings is 2. The van der Waals surface area contributed by atoms with Crippen LogP contribution in [0.2, 0.25) is 0 Å². The van der Waals surface area contributed by atoms with Gasteiger partial charge in [-0.05, 0) is 55.1 Å². The fraction of sp³-hybridized carbons (Fsp3) is 0.294. The lowest BCUT2D eigenvalue weighted by Gasteiger charge is -2.22. The topological polar surface area (TPSA) is 21.3 Å². The number of hydrogen-bond donors (Lipinski definition) is 1. The van der Waals surface area contributed by atoms with Crippen LogP contribution in [0.25, 0.3) is 0 Å². The zero-order chi connectivity index (χ0) is 14.5. The van der Waals surface area contributed by atoms with Crippen molar-refractivity contribution in [2.75, 3.05) is 20.4 Å². The van der Waals surface area contributed by atoms with Crippen LogP contribution in [0.3, 0.4) is 0 Å². The van der Waals surface area contributed by atoms with Crippen molar-refractivity contribution >= 4 is 11.8 Å². The molecular formula is C17H21NOS. The molecule has 2 aromatic rings. The number of aryl methyl sites for hydroxylation is 1. The van der Waals surface area contributed by atoms with Crippen LogP contribution in [-0.2, 0) is 0 Å². The van der Waals surface area contributed by atoms with Crippen LogP contribution in [0.5, 0.6) is 5.75 Å². The summed E-state index contributed by atoms with van der Waals surface area (Å²) in [6.45, 7) is 2.13.